The average Bonchev–Trinajstić information content (AvgIpc) is 3.01. The molecule has 1 N–H and O–H groups in total. The number of hydrogen-bond donors (Lipinski definition) is 1. The summed E-state index contributed by atoms with van der Waals surface area (Å²) in [6.45, 7) is 2.93. The third-order valence-corrected chi connectivity index (χ3v) is 4.21. The fourth-order valence-corrected chi connectivity index (χ4v) is 2.98. The Bertz CT molecular complexity index is 677. The van der Waals surface area contributed by atoms with Crippen molar-refractivity contribution in [3.05, 3.63) is 30.0 Å². The predicted molar refractivity (Wildman–Crippen MR) is 81.0 cm³/mol. The molecule has 0 aliphatic carbocycles. The minimum Gasteiger partial charge on any atom is -0.493 e. The first-order chi connectivity index (χ1) is 10.0. The number of nitrogens with zero attached hydrogens (tertiary/aromatic N) is 2. The van der Waals surface area contributed by atoms with Crippen molar-refractivity contribution in [1.82, 2.24) is 9.47 Å². The summed E-state index contributed by atoms with van der Waals surface area (Å²) in [6.07, 6.45) is 1.17. The van der Waals surface area contributed by atoms with E-state index in [0.717, 1.165) is 29.7 Å². The van der Waals surface area contributed by atoms with Crippen LogP contribution in [0.2, 0.25) is 0 Å². The number of carboxylic acid groups (broad SMARTS) is 1. The van der Waals surface area contributed by atoms with Gasteiger partial charge in [0.05, 0.1) is 12.1 Å². The van der Waals surface area contributed by atoms with E-state index < -0.39 is 5.97 Å². The standard InChI is InChI=1S/C16H20N2O3/c1-17-6-5-11(9-17)10-21-13-4-3-12-7-15(16(19)20)18(2)14(12)8-13/h3-4,7-8,11H,5-6,9-10H2,1-2H3,(H,19,20). The Kier molecular flexibility index (Phi) is 3.59. The summed E-state index contributed by atoms with van der Waals surface area (Å²) in [5.41, 5.74) is 1.17. The molecule has 0 radical (unpaired) electrons. The van der Waals surface area contributed by atoms with E-state index in [9.17, 15) is 4.79 Å². The number of aromatic nitrogens is 1. The minimum atomic E-state index is -0.912. The second-order valence-corrected chi connectivity index (χ2v) is 5.84. The SMILES string of the molecule is CN1CCC(COc2ccc3cc(C(=O)O)n(C)c3c2)C1. The van der Waals surface area contributed by atoms with Gasteiger partial charge in [-0.1, -0.05) is 0 Å². The van der Waals surface area contributed by atoms with Gasteiger partial charge in [-0.05, 0) is 38.2 Å². The molecule has 1 aromatic heterocycles. The van der Waals surface area contributed by atoms with Crippen LogP contribution in [0.15, 0.2) is 24.3 Å². The molecule has 2 aromatic rings. The number of hydrogen-bond acceptors (Lipinski definition) is 3. The van der Waals surface area contributed by atoms with Crippen LogP contribution < -0.4 is 4.74 Å². The summed E-state index contributed by atoms with van der Waals surface area (Å²) in [5.74, 6) is 0.467. The minimum absolute atomic E-state index is 0.291. The first kappa shape index (κ1) is 13.9. The number of aromatic carboxylic acids is 1. The van der Waals surface area contributed by atoms with Gasteiger partial charge in [-0.3, -0.25) is 0 Å². The Balaban J connectivity index is 1.77. The van der Waals surface area contributed by atoms with Crippen molar-refractivity contribution in [3.63, 3.8) is 0 Å². The highest BCUT2D eigenvalue weighted by atomic mass is 16.5. The Morgan fingerprint density at radius 1 is 1.38 bits per heavy atom. The van der Waals surface area contributed by atoms with Crippen molar-refractivity contribution < 1.29 is 14.6 Å². The summed E-state index contributed by atoms with van der Waals surface area (Å²) in [7, 11) is 3.89. The van der Waals surface area contributed by atoms with Gasteiger partial charge in [-0.2, -0.15) is 0 Å². The van der Waals surface area contributed by atoms with Crippen LogP contribution in [0.4, 0.5) is 0 Å². The van der Waals surface area contributed by atoms with Crippen LogP contribution in [0.1, 0.15) is 16.9 Å². The molecule has 0 spiro atoms. The van der Waals surface area contributed by atoms with Crippen molar-refractivity contribution in [1.29, 1.82) is 0 Å². The number of likely N-dealkylation sites (tertiary alicyclic amines) is 1. The molecule has 1 aliphatic heterocycles. The van der Waals surface area contributed by atoms with Crippen LogP contribution >= 0.6 is 0 Å². The summed E-state index contributed by atoms with van der Waals surface area (Å²) in [5, 5.41) is 10.1. The highest BCUT2D eigenvalue weighted by molar-refractivity contribution is 5.94. The maximum absolute atomic E-state index is 11.2. The van der Waals surface area contributed by atoms with Crippen molar-refractivity contribution >= 4 is 16.9 Å². The number of rotatable bonds is 4. The Hall–Kier alpha value is -2.01. The highest BCUT2D eigenvalue weighted by Crippen LogP contribution is 2.25. The largest absolute Gasteiger partial charge is 0.493 e. The van der Waals surface area contributed by atoms with Gasteiger partial charge in [0, 0.05) is 31.0 Å². The predicted octanol–water partition coefficient (Wildman–Crippen LogP) is 2.21. The van der Waals surface area contributed by atoms with Crippen molar-refractivity contribution in [2.45, 2.75) is 6.42 Å². The van der Waals surface area contributed by atoms with Gasteiger partial charge in [0.1, 0.15) is 11.4 Å². The fourth-order valence-electron chi connectivity index (χ4n) is 2.98. The maximum Gasteiger partial charge on any atom is 0.352 e. The van der Waals surface area contributed by atoms with Gasteiger partial charge in [-0.15, -0.1) is 0 Å². The van der Waals surface area contributed by atoms with Gasteiger partial charge in [0.15, 0.2) is 0 Å². The average molecular weight is 288 g/mol. The molecule has 112 valence electrons. The van der Waals surface area contributed by atoms with Gasteiger partial charge >= 0.3 is 5.97 Å². The van der Waals surface area contributed by atoms with E-state index in [0.29, 0.717) is 18.2 Å². The number of ether oxygens (including phenoxy) is 1. The first-order valence-electron chi connectivity index (χ1n) is 7.18. The molecule has 5 nitrogen and oxygen atoms in total. The molecule has 1 fully saturated rings. The van der Waals surface area contributed by atoms with E-state index in [1.54, 1.807) is 17.7 Å². The Morgan fingerprint density at radius 3 is 2.86 bits per heavy atom. The number of benzene rings is 1. The summed E-state index contributed by atoms with van der Waals surface area (Å²) < 4.78 is 7.57. The second-order valence-electron chi connectivity index (χ2n) is 5.84. The molecule has 1 aromatic carbocycles. The number of carbonyl (C=O) groups is 1. The lowest BCUT2D eigenvalue weighted by Crippen LogP contribution is -2.17. The zero-order valence-electron chi connectivity index (χ0n) is 12.4. The van der Waals surface area contributed by atoms with Crippen molar-refractivity contribution in [3.8, 4) is 5.75 Å². The van der Waals surface area contributed by atoms with E-state index >= 15 is 0 Å². The zero-order chi connectivity index (χ0) is 15.0. The van der Waals surface area contributed by atoms with Crippen LogP contribution in [0.3, 0.4) is 0 Å². The van der Waals surface area contributed by atoms with E-state index in [2.05, 4.69) is 11.9 Å². The van der Waals surface area contributed by atoms with Gasteiger partial charge in [-0.25, -0.2) is 4.79 Å². The molecular formula is C16H20N2O3. The van der Waals surface area contributed by atoms with Gasteiger partial charge in [0.2, 0.25) is 0 Å². The molecule has 3 rings (SSSR count). The van der Waals surface area contributed by atoms with Crippen molar-refractivity contribution in [2.75, 3.05) is 26.7 Å². The summed E-state index contributed by atoms with van der Waals surface area (Å²) in [4.78, 5) is 13.5. The van der Waals surface area contributed by atoms with E-state index in [4.69, 9.17) is 9.84 Å². The lowest BCUT2D eigenvalue weighted by atomic mass is 10.1. The second kappa shape index (κ2) is 5.41. The molecule has 1 atom stereocenters. The van der Waals surface area contributed by atoms with Crippen LogP contribution in [0.5, 0.6) is 5.75 Å². The van der Waals surface area contributed by atoms with E-state index in [1.807, 2.05) is 18.2 Å². The van der Waals surface area contributed by atoms with Crippen LogP contribution in [-0.2, 0) is 7.05 Å². The summed E-state index contributed by atoms with van der Waals surface area (Å²) >= 11 is 0. The smallest absolute Gasteiger partial charge is 0.352 e. The van der Waals surface area contributed by atoms with E-state index in [-0.39, 0.29) is 0 Å². The van der Waals surface area contributed by atoms with Gasteiger partial charge in [0.25, 0.3) is 0 Å². The molecule has 1 aliphatic rings. The van der Waals surface area contributed by atoms with Gasteiger partial charge < -0.3 is 19.3 Å². The maximum atomic E-state index is 11.2. The first-order valence-corrected chi connectivity index (χ1v) is 7.18. The Morgan fingerprint density at radius 2 is 2.19 bits per heavy atom. The third kappa shape index (κ3) is 2.74. The third-order valence-electron chi connectivity index (χ3n) is 4.21. The number of carboxylic acids is 1. The summed E-state index contributed by atoms with van der Waals surface area (Å²) in [6, 6.07) is 7.43. The fraction of sp³-hybridized carbons (Fsp3) is 0.438. The molecule has 2 heterocycles. The number of aryl methyl sites for hydroxylation is 1. The molecule has 5 heteroatoms. The van der Waals surface area contributed by atoms with Crippen molar-refractivity contribution in [2.24, 2.45) is 13.0 Å². The van der Waals surface area contributed by atoms with Crippen LogP contribution in [-0.4, -0.2) is 47.3 Å². The molecular weight excluding hydrogens is 268 g/mol. The monoisotopic (exact) mass is 288 g/mol. The normalized spacial score (nSPS) is 19.2. The zero-order valence-corrected chi connectivity index (χ0v) is 12.4. The molecule has 0 bridgehead atoms. The highest BCUT2D eigenvalue weighted by Gasteiger charge is 2.20. The molecule has 0 saturated carbocycles. The van der Waals surface area contributed by atoms with E-state index in [1.165, 1.54) is 6.42 Å². The van der Waals surface area contributed by atoms with Crippen LogP contribution in [0.25, 0.3) is 10.9 Å². The van der Waals surface area contributed by atoms with Crippen LogP contribution in [0, 0.1) is 5.92 Å². The number of fused-ring (bicyclic) bond motifs is 1. The topological polar surface area (TPSA) is 54.7 Å². The molecule has 0 amide bonds. The molecule has 1 saturated heterocycles. The lowest BCUT2D eigenvalue weighted by molar-refractivity contribution is 0.0687. The molecule has 21 heavy (non-hydrogen) atoms. The molecule has 1 unspecified atom stereocenters. The lowest BCUT2D eigenvalue weighted by Gasteiger charge is -2.12. The Labute approximate surface area is 123 Å². The quantitative estimate of drug-likeness (QED) is 0.937.